The summed E-state index contributed by atoms with van der Waals surface area (Å²) < 4.78 is 0. The van der Waals surface area contributed by atoms with Crippen LogP contribution in [0.2, 0.25) is 0 Å². The largest absolute Gasteiger partial charge is 0.325 e. The van der Waals surface area contributed by atoms with Crippen LogP contribution in [0.4, 0.5) is 11.4 Å². The quantitative estimate of drug-likeness (QED) is 0.766. The van der Waals surface area contributed by atoms with E-state index in [1.165, 1.54) is 6.33 Å². The molecule has 0 saturated carbocycles. The Kier molecular flexibility index (Phi) is 2.56. The SMILES string of the molecule is CC1(C)C(=O)Nc2cc(NC(=O)c3ncn[nH]3)ccc21. The van der Waals surface area contributed by atoms with E-state index < -0.39 is 5.41 Å². The molecule has 0 saturated heterocycles. The first-order valence-corrected chi connectivity index (χ1v) is 6.11. The zero-order chi connectivity index (χ0) is 14.3. The monoisotopic (exact) mass is 271 g/mol. The van der Waals surface area contributed by atoms with Crippen LogP contribution in [0.15, 0.2) is 24.5 Å². The average Bonchev–Trinajstić information content (AvgIpc) is 2.98. The molecule has 2 heterocycles. The van der Waals surface area contributed by atoms with Gasteiger partial charge >= 0.3 is 0 Å². The highest BCUT2D eigenvalue weighted by Crippen LogP contribution is 2.38. The highest BCUT2D eigenvalue weighted by atomic mass is 16.2. The summed E-state index contributed by atoms with van der Waals surface area (Å²) in [5.41, 5.74) is 1.67. The van der Waals surface area contributed by atoms with E-state index in [-0.39, 0.29) is 17.6 Å². The van der Waals surface area contributed by atoms with Crippen LogP contribution in [0.5, 0.6) is 0 Å². The minimum atomic E-state index is -0.553. The van der Waals surface area contributed by atoms with E-state index in [2.05, 4.69) is 25.8 Å². The van der Waals surface area contributed by atoms with E-state index in [0.717, 1.165) is 11.3 Å². The van der Waals surface area contributed by atoms with E-state index >= 15 is 0 Å². The maximum absolute atomic E-state index is 11.9. The molecule has 7 nitrogen and oxygen atoms in total. The van der Waals surface area contributed by atoms with Crippen LogP contribution >= 0.6 is 0 Å². The van der Waals surface area contributed by atoms with Crippen LogP contribution in [0, 0.1) is 0 Å². The van der Waals surface area contributed by atoms with Crippen molar-refractivity contribution in [1.82, 2.24) is 15.2 Å². The maximum Gasteiger partial charge on any atom is 0.292 e. The number of carbonyl (C=O) groups excluding carboxylic acids is 2. The summed E-state index contributed by atoms with van der Waals surface area (Å²) in [7, 11) is 0. The van der Waals surface area contributed by atoms with E-state index in [9.17, 15) is 9.59 Å². The number of H-pyrrole nitrogens is 1. The summed E-state index contributed by atoms with van der Waals surface area (Å²) in [6, 6.07) is 5.33. The molecule has 0 bridgehead atoms. The number of benzene rings is 1. The Morgan fingerprint density at radius 2 is 2.15 bits per heavy atom. The van der Waals surface area contributed by atoms with Crippen molar-refractivity contribution in [3.63, 3.8) is 0 Å². The molecule has 0 aliphatic carbocycles. The second-order valence-electron chi connectivity index (χ2n) is 5.13. The molecule has 0 fully saturated rings. The van der Waals surface area contributed by atoms with Crippen molar-refractivity contribution in [2.45, 2.75) is 19.3 Å². The van der Waals surface area contributed by atoms with Gasteiger partial charge in [-0.25, -0.2) is 4.98 Å². The molecule has 102 valence electrons. The molecule has 20 heavy (non-hydrogen) atoms. The fourth-order valence-corrected chi connectivity index (χ4v) is 2.18. The van der Waals surface area contributed by atoms with Crippen LogP contribution in [0.25, 0.3) is 0 Å². The van der Waals surface area contributed by atoms with Gasteiger partial charge in [-0.1, -0.05) is 6.07 Å². The molecular formula is C13H13N5O2. The normalized spacial score (nSPS) is 15.6. The molecule has 0 spiro atoms. The Balaban J connectivity index is 1.86. The Labute approximate surface area is 114 Å². The molecule has 2 aromatic rings. The van der Waals surface area contributed by atoms with Crippen LogP contribution in [0.1, 0.15) is 30.0 Å². The van der Waals surface area contributed by atoms with Gasteiger partial charge in [0.2, 0.25) is 11.7 Å². The predicted octanol–water partition coefficient (Wildman–Crippen LogP) is 1.29. The van der Waals surface area contributed by atoms with E-state index in [1.54, 1.807) is 12.1 Å². The standard InChI is InChI=1S/C13H13N5O2/c1-13(2)8-4-3-7(5-9(8)17-12(13)20)16-11(19)10-14-6-15-18-10/h3-6H,1-2H3,(H,16,19)(H,17,20)(H,14,15,18). The number of hydrogen-bond acceptors (Lipinski definition) is 4. The minimum absolute atomic E-state index is 0.0498. The first-order valence-electron chi connectivity index (χ1n) is 6.11. The zero-order valence-corrected chi connectivity index (χ0v) is 11.0. The van der Waals surface area contributed by atoms with Crippen LogP contribution < -0.4 is 10.6 Å². The van der Waals surface area contributed by atoms with Gasteiger partial charge in [-0.2, -0.15) is 5.10 Å². The summed E-state index contributed by atoms with van der Waals surface area (Å²) in [6.07, 6.45) is 1.26. The Hall–Kier alpha value is -2.70. The smallest absolute Gasteiger partial charge is 0.292 e. The third-order valence-electron chi connectivity index (χ3n) is 3.40. The topological polar surface area (TPSA) is 99.8 Å². The van der Waals surface area contributed by atoms with E-state index in [1.807, 2.05) is 19.9 Å². The fraction of sp³-hybridized carbons (Fsp3) is 0.231. The molecule has 1 aliphatic heterocycles. The summed E-state index contributed by atoms with van der Waals surface area (Å²) in [5, 5.41) is 11.6. The lowest BCUT2D eigenvalue weighted by atomic mass is 9.86. The van der Waals surface area contributed by atoms with Gasteiger partial charge in [-0.3, -0.25) is 14.7 Å². The Morgan fingerprint density at radius 1 is 1.35 bits per heavy atom. The number of fused-ring (bicyclic) bond motifs is 1. The molecule has 7 heteroatoms. The fourth-order valence-electron chi connectivity index (χ4n) is 2.18. The summed E-state index contributed by atoms with van der Waals surface area (Å²) in [6.45, 7) is 3.72. The molecule has 0 unspecified atom stereocenters. The Morgan fingerprint density at radius 3 is 2.85 bits per heavy atom. The van der Waals surface area contributed by atoms with Crippen molar-refractivity contribution >= 4 is 23.2 Å². The van der Waals surface area contributed by atoms with Gasteiger partial charge in [-0.15, -0.1) is 0 Å². The lowest BCUT2D eigenvalue weighted by molar-refractivity contribution is -0.119. The van der Waals surface area contributed by atoms with Gasteiger partial charge in [0.25, 0.3) is 5.91 Å². The van der Waals surface area contributed by atoms with Crippen molar-refractivity contribution in [3.8, 4) is 0 Å². The minimum Gasteiger partial charge on any atom is -0.325 e. The maximum atomic E-state index is 11.9. The van der Waals surface area contributed by atoms with Gasteiger partial charge in [0, 0.05) is 11.4 Å². The van der Waals surface area contributed by atoms with Gasteiger partial charge in [-0.05, 0) is 31.5 Å². The highest BCUT2D eigenvalue weighted by molar-refractivity contribution is 6.07. The molecule has 1 aliphatic rings. The first-order chi connectivity index (χ1) is 9.48. The molecule has 1 aromatic carbocycles. The van der Waals surface area contributed by atoms with Crippen molar-refractivity contribution in [2.24, 2.45) is 0 Å². The number of nitrogens with zero attached hydrogens (tertiary/aromatic N) is 2. The number of nitrogens with one attached hydrogen (secondary N) is 3. The highest BCUT2D eigenvalue weighted by Gasteiger charge is 2.38. The number of rotatable bonds is 2. The second kappa shape index (κ2) is 4.16. The van der Waals surface area contributed by atoms with Gasteiger partial charge in [0.15, 0.2) is 0 Å². The predicted molar refractivity (Wildman–Crippen MR) is 72.4 cm³/mol. The molecule has 2 amide bonds. The van der Waals surface area contributed by atoms with Crippen molar-refractivity contribution in [2.75, 3.05) is 10.6 Å². The molecular weight excluding hydrogens is 258 g/mol. The van der Waals surface area contributed by atoms with E-state index in [4.69, 9.17) is 0 Å². The summed E-state index contributed by atoms with van der Waals surface area (Å²) in [5.74, 6) is -0.299. The molecule has 1 aromatic heterocycles. The van der Waals surface area contributed by atoms with Gasteiger partial charge in [0.1, 0.15) is 6.33 Å². The molecule has 3 rings (SSSR count). The third kappa shape index (κ3) is 1.83. The third-order valence-corrected chi connectivity index (χ3v) is 3.40. The van der Waals surface area contributed by atoms with Gasteiger partial charge < -0.3 is 10.6 Å². The number of carbonyl (C=O) groups is 2. The van der Waals surface area contributed by atoms with Crippen LogP contribution in [-0.4, -0.2) is 27.0 Å². The zero-order valence-electron chi connectivity index (χ0n) is 11.0. The lowest BCUT2D eigenvalue weighted by Crippen LogP contribution is -2.26. The first kappa shape index (κ1) is 12.3. The van der Waals surface area contributed by atoms with Crippen molar-refractivity contribution in [3.05, 3.63) is 35.9 Å². The summed E-state index contributed by atoms with van der Waals surface area (Å²) >= 11 is 0. The van der Waals surface area contributed by atoms with Crippen LogP contribution in [0.3, 0.4) is 0 Å². The average molecular weight is 271 g/mol. The number of hydrogen-bond donors (Lipinski definition) is 3. The van der Waals surface area contributed by atoms with Gasteiger partial charge in [0.05, 0.1) is 5.41 Å². The van der Waals surface area contributed by atoms with Crippen LogP contribution in [-0.2, 0) is 10.2 Å². The lowest BCUT2D eigenvalue weighted by Gasteiger charge is -2.15. The molecule has 3 N–H and O–H groups in total. The Bertz CT molecular complexity index is 691. The molecule has 0 radical (unpaired) electrons. The van der Waals surface area contributed by atoms with E-state index in [0.29, 0.717) is 5.69 Å². The molecule has 0 atom stereocenters. The number of anilines is 2. The number of aromatic amines is 1. The number of amides is 2. The number of aromatic nitrogens is 3. The van der Waals surface area contributed by atoms with Crippen molar-refractivity contribution < 1.29 is 9.59 Å². The summed E-state index contributed by atoms with van der Waals surface area (Å²) in [4.78, 5) is 27.5. The second-order valence-corrected chi connectivity index (χ2v) is 5.13. The van der Waals surface area contributed by atoms with Crippen molar-refractivity contribution in [1.29, 1.82) is 0 Å².